The van der Waals surface area contributed by atoms with Crippen LogP contribution in [0.3, 0.4) is 0 Å². The molecule has 9 heteroatoms. The first kappa shape index (κ1) is 17.5. The van der Waals surface area contributed by atoms with Crippen LogP contribution in [-0.2, 0) is 31.9 Å². The number of carbonyl (C=O) groups excluding carboxylic acids is 1. The highest BCUT2D eigenvalue weighted by molar-refractivity contribution is 6.29. The van der Waals surface area contributed by atoms with Crippen molar-refractivity contribution in [1.82, 2.24) is 18.7 Å². The van der Waals surface area contributed by atoms with E-state index in [2.05, 4.69) is 4.98 Å². The summed E-state index contributed by atoms with van der Waals surface area (Å²) in [6, 6.07) is 7.79. The number of hydrogen-bond acceptors (Lipinski definition) is 4. The van der Waals surface area contributed by atoms with Crippen molar-refractivity contribution in [2.45, 2.75) is 19.4 Å². The molecule has 8 nitrogen and oxygen atoms in total. The molecule has 2 aromatic heterocycles. The number of aromatic nitrogens is 4. The van der Waals surface area contributed by atoms with Crippen LogP contribution in [0.5, 0.6) is 0 Å². The summed E-state index contributed by atoms with van der Waals surface area (Å²) in [5.74, 6) is -0.181. The van der Waals surface area contributed by atoms with E-state index in [0.29, 0.717) is 6.54 Å². The van der Waals surface area contributed by atoms with Crippen LogP contribution in [0.1, 0.15) is 12.0 Å². The summed E-state index contributed by atoms with van der Waals surface area (Å²) >= 11 is 6.22. The lowest BCUT2D eigenvalue weighted by Crippen LogP contribution is -2.39. The predicted molar refractivity (Wildman–Crippen MR) is 102 cm³/mol. The molecule has 0 saturated heterocycles. The Hall–Kier alpha value is -2.87. The zero-order valence-electron chi connectivity index (χ0n) is 15.0. The maximum Gasteiger partial charge on any atom is 0.332 e. The van der Waals surface area contributed by atoms with Crippen LogP contribution >= 0.6 is 11.6 Å². The minimum absolute atomic E-state index is 0.00180. The van der Waals surface area contributed by atoms with Crippen molar-refractivity contribution < 1.29 is 4.79 Å². The Kier molecular flexibility index (Phi) is 4.15. The second kappa shape index (κ2) is 6.38. The molecule has 0 fully saturated rings. The zero-order valence-corrected chi connectivity index (χ0v) is 15.7. The number of para-hydroxylation sites is 1. The standard InChI is InChI=1S/C18H18ClN5O3/c1-21-15-14(16(26)22(2)18(21)27)24(17(19)20-15)10-13(25)23-9-5-7-11-6-3-4-8-12(11)23/h3-4,6,8H,5,7,9-10H2,1-2H3. The number of halogens is 1. The Bertz CT molecular complexity index is 1190. The van der Waals surface area contributed by atoms with Crippen LogP contribution in [-0.4, -0.2) is 31.1 Å². The zero-order chi connectivity index (χ0) is 19.3. The predicted octanol–water partition coefficient (Wildman–Crippen LogP) is 1.07. The van der Waals surface area contributed by atoms with Crippen molar-refractivity contribution in [2.75, 3.05) is 11.4 Å². The van der Waals surface area contributed by atoms with Gasteiger partial charge < -0.3 is 4.90 Å². The van der Waals surface area contributed by atoms with Crippen molar-refractivity contribution in [2.24, 2.45) is 14.1 Å². The summed E-state index contributed by atoms with van der Waals surface area (Å²) < 4.78 is 3.61. The van der Waals surface area contributed by atoms with Gasteiger partial charge in [-0.25, -0.2) is 4.79 Å². The van der Waals surface area contributed by atoms with Crippen LogP contribution in [0.15, 0.2) is 33.9 Å². The Morgan fingerprint density at radius 1 is 1.19 bits per heavy atom. The molecule has 0 N–H and O–H groups in total. The summed E-state index contributed by atoms with van der Waals surface area (Å²) in [6.07, 6.45) is 1.80. The Balaban J connectivity index is 1.79. The van der Waals surface area contributed by atoms with Gasteiger partial charge in [-0.1, -0.05) is 18.2 Å². The number of hydrogen-bond donors (Lipinski definition) is 0. The largest absolute Gasteiger partial charge is 0.332 e. The molecule has 3 heterocycles. The molecule has 4 rings (SSSR count). The number of imidazole rings is 1. The smallest absolute Gasteiger partial charge is 0.311 e. The van der Waals surface area contributed by atoms with E-state index in [1.165, 1.54) is 23.2 Å². The molecule has 0 bridgehead atoms. The second-order valence-corrected chi connectivity index (χ2v) is 6.96. The lowest BCUT2D eigenvalue weighted by Gasteiger charge is -2.29. The Morgan fingerprint density at radius 3 is 2.70 bits per heavy atom. The molecular formula is C18H18ClN5O3. The molecule has 0 spiro atoms. The third-order valence-corrected chi connectivity index (χ3v) is 5.29. The number of rotatable bonds is 2. The van der Waals surface area contributed by atoms with Crippen LogP contribution < -0.4 is 16.1 Å². The van der Waals surface area contributed by atoms with Crippen LogP contribution in [0.25, 0.3) is 11.2 Å². The number of anilines is 1. The van der Waals surface area contributed by atoms with E-state index in [4.69, 9.17) is 11.6 Å². The quantitative estimate of drug-likeness (QED) is 0.616. The third-order valence-electron chi connectivity index (χ3n) is 5.01. The van der Waals surface area contributed by atoms with Crippen molar-refractivity contribution in [1.29, 1.82) is 0 Å². The highest BCUT2D eigenvalue weighted by Crippen LogP contribution is 2.27. The van der Waals surface area contributed by atoms with Gasteiger partial charge in [0.2, 0.25) is 11.2 Å². The van der Waals surface area contributed by atoms with Gasteiger partial charge in [0, 0.05) is 26.3 Å². The third kappa shape index (κ3) is 2.68. The molecule has 1 aromatic carbocycles. The summed E-state index contributed by atoms with van der Waals surface area (Å²) in [4.78, 5) is 43.5. The van der Waals surface area contributed by atoms with Gasteiger partial charge >= 0.3 is 5.69 Å². The number of benzene rings is 1. The molecule has 1 amide bonds. The maximum atomic E-state index is 13.0. The first-order valence-corrected chi connectivity index (χ1v) is 8.98. The van der Waals surface area contributed by atoms with Crippen LogP contribution in [0.4, 0.5) is 5.69 Å². The lowest BCUT2D eigenvalue weighted by molar-refractivity contribution is -0.119. The van der Waals surface area contributed by atoms with Crippen molar-refractivity contribution in [3.05, 3.63) is 56.0 Å². The highest BCUT2D eigenvalue weighted by atomic mass is 35.5. The number of amides is 1. The molecule has 0 radical (unpaired) electrons. The van der Waals surface area contributed by atoms with Crippen molar-refractivity contribution in [3.63, 3.8) is 0 Å². The maximum absolute atomic E-state index is 13.0. The van der Waals surface area contributed by atoms with E-state index in [1.807, 2.05) is 24.3 Å². The summed E-state index contributed by atoms with van der Waals surface area (Å²) in [5.41, 5.74) is 1.29. The summed E-state index contributed by atoms with van der Waals surface area (Å²) in [6.45, 7) is 0.480. The fourth-order valence-electron chi connectivity index (χ4n) is 3.58. The number of fused-ring (bicyclic) bond motifs is 2. The molecule has 3 aromatic rings. The number of carbonyl (C=O) groups is 1. The minimum Gasteiger partial charge on any atom is -0.311 e. The van der Waals surface area contributed by atoms with Gasteiger partial charge in [-0.3, -0.25) is 23.3 Å². The van der Waals surface area contributed by atoms with Gasteiger partial charge in [0.15, 0.2) is 11.2 Å². The number of nitrogens with zero attached hydrogens (tertiary/aromatic N) is 5. The second-order valence-electron chi connectivity index (χ2n) is 6.62. The van der Waals surface area contributed by atoms with Crippen LogP contribution in [0.2, 0.25) is 5.28 Å². The molecular weight excluding hydrogens is 370 g/mol. The van der Waals surface area contributed by atoms with E-state index in [-0.39, 0.29) is 28.9 Å². The first-order chi connectivity index (χ1) is 12.9. The van der Waals surface area contributed by atoms with Gasteiger partial charge in [0.1, 0.15) is 6.54 Å². The summed E-state index contributed by atoms with van der Waals surface area (Å²) in [5, 5.41) is 0.00180. The molecule has 0 unspecified atom stereocenters. The lowest BCUT2D eigenvalue weighted by atomic mass is 10.0. The normalized spacial score (nSPS) is 13.8. The van der Waals surface area contributed by atoms with E-state index >= 15 is 0 Å². The average Bonchev–Trinajstić information content (AvgIpc) is 3.00. The SMILES string of the molecule is Cn1c(=O)c2c(nc(Cl)n2CC(=O)N2CCCc3ccccc32)n(C)c1=O. The molecule has 27 heavy (non-hydrogen) atoms. The molecule has 1 aliphatic heterocycles. The first-order valence-electron chi connectivity index (χ1n) is 8.60. The van der Waals surface area contributed by atoms with Gasteiger partial charge in [0.25, 0.3) is 5.56 Å². The van der Waals surface area contributed by atoms with Crippen LogP contribution in [0, 0.1) is 0 Å². The molecule has 0 saturated carbocycles. The highest BCUT2D eigenvalue weighted by Gasteiger charge is 2.25. The average molecular weight is 388 g/mol. The fraction of sp³-hybridized carbons (Fsp3) is 0.333. The van der Waals surface area contributed by atoms with Gasteiger partial charge in [0.05, 0.1) is 0 Å². The van der Waals surface area contributed by atoms with E-state index in [0.717, 1.165) is 28.7 Å². The van der Waals surface area contributed by atoms with E-state index in [9.17, 15) is 14.4 Å². The summed E-state index contributed by atoms with van der Waals surface area (Å²) in [7, 11) is 2.90. The number of aryl methyl sites for hydroxylation is 2. The monoisotopic (exact) mass is 387 g/mol. The van der Waals surface area contributed by atoms with Crippen molar-refractivity contribution in [3.8, 4) is 0 Å². The molecule has 0 aliphatic carbocycles. The van der Waals surface area contributed by atoms with Crippen molar-refractivity contribution >= 4 is 34.4 Å². The fourth-order valence-corrected chi connectivity index (χ4v) is 3.80. The molecule has 140 valence electrons. The topological polar surface area (TPSA) is 82.1 Å². The van der Waals surface area contributed by atoms with Gasteiger partial charge in [-0.15, -0.1) is 0 Å². The minimum atomic E-state index is -0.528. The molecule has 0 atom stereocenters. The Labute approximate surface area is 159 Å². The van der Waals surface area contributed by atoms with E-state index in [1.54, 1.807) is 4.90 Å². The molecule has 1 aliphatic rings. The van der Waals surface area contributed by atoms with E-state index < -0.39 is 11.2 Å². The van der Waals surface area contributed by atoms with Gasteiger partial charge in [-0.2, -0.15) is 4.98 Å². The van der Waals surface area contributed by atoms with Gasteiger partial charge in [-0.05, 0) is 36.1 Å². The Morgan fingerprint density at radius 2 is 1.93 bits per heavy atom.